The monoisotopic (exact) mass is 360 g/mol. The summed E-state index contributed by atoms with van der Waals surface area (Å²) in [5.41, 5.74) is 6.31. The number of nitrogens with one attached hydrogen (secondary N) is 1. The molecular formula is C19H28N4O3. The molecule has 1 aromatic carbocycles. The van der Waals surface area contributed by atoms with Gasteiger partial charge in [0.25, 0.3) is 0 Å². The van der Waals surface area contributed by atoms with E-state index in [9.17, 15) is 14.4 Å². The molecule has 1 fully saturated rings. The minimum Gasteiger partial charge on any atom is -0.368 e. The van der Waals surface area contributed by atoms with Gasteiger partial charge in [-0.15, -0.1) is 0 Å². The molecule has 3 N–H and O–H groups in total. The SMILES string of the molecule is CC(C)[C@@H]1C(=O)N(CC(N)=O)CCN1C(=O)CN[C@H](C)c1ccccc1. The number of hydrogen-bond donors (Lipinski definition) is 2. The van der Waals surface area contributed by atoms with Crippen molar-refractivity contribution in [3.05, 3.63) is 35.9 Å². The number of hydrogen-bond acceptors (Lipinski definition) is 4. The van der Waals surface area contributed by atoms with E-state index in [2.05, 4.69) is 5.32 Å². The molecule has 0 aromatic heterocycles. The number of primary amides is 1. The van der Waals surface area contributed by atoms with Crippen LogP contribution in [0.1, 0.15) is 32.4 Å². The Morgan fingerprint density at radius 3 is 2.42 bits per heavy atom. The zero-order valence-electron chi connectivity index (χ0n) is 15.6. The zero-order chi connectivity index (χ0) is 19.3. The molecule has 0 spiro atoms. The van der Waals surface area contributed by atoms with E-state index in [1.165, 1.54) is 4.90 Å². The molecule has 1 saturated heterocycles. The maximum absolute atomic E-state index is 12.7. The third kappa shape index (κ3) is 4.82. The van der Waals surface area contributed by atoms with Gasteiger partial charge in [0.05, 0.1) is 13.1 Å². The van der Waals surface area contributed by atoms with E-state index in [1.807, 2.05) is 51.1 Å². The summed E-state index contributed by atoms with van der Waals surface area (Å²) < 4.78 is 0. The van der Waals surface area contributed by atoms with Crippen LogP contribution in [-0.4, -0.2) is 59.7 Å². The lowest BCUT2D eigenvalue weighted by Crippen LogP contribution is -2.62. The highest BCUT2D eigenvalue weighted by atomic mass is 16.2. The van der Waals surface area contributed by atoms with Gasteiger partial charge < -0.3 is 20.9 Å². The minimum atomic E-state index is -0.565. The van der Waals surface area contributed by atoms with Gasteiger partial charge in [-0.05, 0) is 18.4 Å². The number of benzene rings is 1. The summed E-state index contributed by atoms with van der Waals surface area (Å²) >= 11 is 0. The summed E-state index contributed by atoms with van der Waals surface area (Å²) in [5.74, 6) is -0.916. The van der Waals surface area contributed by atoms with Crippen LogP contribution >= 0.6 is 0 Å². The second-order valence-corrected chi connectivity index (χ2v) is 7.02. The fraction of sp³-hybridized carbons (Fsp3) is 0.526. The average Bonchev–Trinajstić information content (AvgIpc) is 2.60. The molecule has 0 unspecified atom stereocenters. The first-order chi connectivity index (χ1) is 12.3. The summed E-state index contributed by atoms with van der Waals surface area (Å²) in [6.07, 6.45) is 0. The van der Waals surface area contributed by atoms with Crippen molar-refractivity contribution in [1.29, 1.82) is 0 Å². The molecule has 1 aliphatic heterocycles. The molecule has 0 radical (unpaired) electrons. The van der Waals surface area contributed by atoms with E-state index in [4.69, 9.17) is 5.73 Å². The molecule has 1 aliphatic rings. The first-order valence-corrected chi connectivity index (χ1v) is 8.96. The Morgan fingerprint density at radius 2 is 1.85 bits per heavy atom. The maximum Gasteiger partial charge on any atom is 0.246 e. The molecule has 1 heterocycles. The van der Waals surface area contributed by atoms with E-state index < -0.39 is 11.9 Å². The van der Waals surface area contributed by atoms with Crippen LogP contribution in [0, 0.1) is 5.92 Å². The first-order valence-electron chi connectivity index (χ1n) is 8.96. The number of amides is 3. The third-order valence-corrected chi connectivity index (χ3v) is 4.67. The molecule has 0 saturated carbocycles. The average molecular weight is 360 g/mol. The van der Waals surface area contributed by atoms with Crippen molar-refractivity contribution in [2.24, 2.45) is 11.7 Å². The minimum absolute atomic E-state index is 0.0319. The van der Waals surface area contributed by atoms with E-state index in [0.717, 1.165) is 5.56 Å². The molecular weight excluding hydrogens is 332 g/mol. The van der Waals surface area contributed by atoms with E-state index in [0.29, 0.717) is 13.1 Å². The number of carbonyl (C=O) groups excluding carboxylic acids is 3. The first kappa shape index (κ1) is 19.9. The van der Waals surface area contributed by atoms with Gasteiger partial charge in [0, 0.05) is 19.1 Å². The largest absolute Gasteiger partial charge is 0.368 e. The Balaban J connectivity index is 2.00. The fourth-order valence-corrected chi connectivity index (χ4v) is 3.27. The summed E-state index contributed by atoms with van der Waals surface area (Å²) in [7, 11) is 0. The molecule has 0 aliphatic carbocycles. The lowest BCUT2D eigenvalue weighted by Gasteiger charge is -2.42. The molecule has 2 rings (SSSR count). The molecule has 142 valence electrons. The van der Waals surface area contributed by atoms with E-state index in [1.54, 1.807) is 4.90 Å². The molecule has 0 bridgehead atoms. The maximum atomic E-state index is 12.7. The van der Waals surface area contributed by atoms with Crippen molar-refractivity contribution in [1.82, 2.24) is 15.1 Å². The predicted octanol–water partition coefficient (Wildman–Crippen LogP) is 0.518. The van der Waals surface area contributed by atoms with Gasteiger partial charge in [0.15, 0.2) is 0 Å². The van der Waals surface area contributed by atoms with Gasteiger partial charge in [0.2, 0.25) is 17.7 Å². The van der Waals surface area contributed by atoms with Crippen molar-refractivity contribution in [3.8, 4) is 0 Å². The highest BCUT2D eigenvalue weighted by Gasteiger charge is 2.39. The Labute approximate surface area is 154 Å². The van der Waals surface area contributed by atoms with Crippen LogP contribution in [-0.2, 0) is 14.4 Å². The predicted molar refractivity (Wildman–Crippen MR) is 99.0 cm³/mol. The van der Waals surface area contributed by atoms with Crippen LogP contribution in [0.4, 0.5) is 0 Å². The smallest absolute Gasteiger partial charge is 0.246 e. The summed E-state index contributed by atoms with van der Waals surface area (Å²) in [6, 6.07) is 9.35. The van der Waals surface area contributed by atoms with Crippen LogP contribution in [0.25, 0.3) is 0 Å². The van der Waals surface area contributed by atoms with E-state index in [-0.39, 0.29) is 36.9 Å². The standard InChI is InChI=1S/C19H28N4O3/c1-13(2)18-19(26)22(12-16(20)24)9-10-23(18)17(25)11-21-14(3)15-7-5-4-6-8-15/h4-8,13-14,18,21H,9-12H2,1-3H3,(H2,20,24)/t14-,18-/m1/s1. The summed E-state index contributed by atoms with van der Waals surface area (Å²) in [6.45, 7) is 6.58. The number of carbonyl (C=O) groups is 3. The molecule has 3 amide bonds. The molecule has 1 aromatic rings. The van der Waals surface area contributed by atoms with Crippen LogP contribution in [0.2, 0.25) is 0 Å². The zero-order valence-corrected chi connectivity index (χ0v) is 15.6. The molecule has 7 nitrogen and oxygen atoms in total. The van der Waals surface area contributed by atoms with Crippen molar-refractivity contribution in [2.45, 2.75) is 32.9 Å². The van der Waals surface area contributed by atoms with Crippen LogP contribution < -0.4 is 11.1 Å². The van der Waals surface area contributed by atoms with E-state index >= 15 is 0 Å². The van der Waals surface area contributed by atoms with Crippen molar-refractivity contribution >= 4 is 17.7 Å². The van der Waals surface area contributed by atoms with Crippen molar-refractivity contribution < 1.29 is 14.4 Å². The fourth-order valence-electron chi connectivity index (χ4n) is 3.27. The topological polar surface area (TPSA) is 95.7 Å². The lowest BCUT2D eigenvalue weighted by molar-refractivity contribution is -0.154. The number of piperazine rings is 1. The quantitative estimate of drug-likeness (QED) is 0.741. The number of nitrogens with two attached hydrogens (primary N) is 1. The van der Waals surface area contributed by atoms with Gasteiger partial charge in [0.1, 0.15) is 6.04 Å². The molecule has 2 atom stereocenters. The number of rotatable bonds is 7. The third-order valence-electron chi connectivity index (χ3n) is 4.67. The van der Waals surface area contributed by atoms with Crippen LogP contribution in [0.15, 0.2) is 30.3 Å². The molecule has 26 heavy (non-hydrogen) atoms. The number of nitrogens with zero attached hydrogens (tertiary/aromatic N) is 2. The highest BCUT2D eigenvalue weighted by Crippen LogP contribution is 2.19. The summed E-state index contributed by atoms with van der Waals surface area (Å²) in [4.78, 5) is 39.6. The Morgan fingerprint density at radius 1 is 1.19 bits per heavy atom. The van der Waals surface area contributed by atoms with Crippen molar-refractivity contribution in [2.75, 3.05) is 26.2 Å². The normalized spacial score (nSPS) is 18.9. The second kappa shape index (κ2) is 8.80. The Hall–Kier alpha value is -2.41. The Kier molecular flexibility index (Phi) is 6.74. The van der Waals surface area contributed by atoms with Gasteiger partial charge in [-0.3, -0.25) is 14.4 Å². The lowest BCUT2D eigenvalue weighted by atomic mass is 9.98. The van der Waals surface area contributed by atoms with Crippen molar-refractivity contribution in [3.63, 3.8) is 0 Å². The summed E-state index contributed by atoms with van der Waals surface area (Å²) in [5, 5.41) is 3.22. The second-order valence-electron chi connectivity index (χ2n) is 7.02. The van der Waals surface area contributed by atoms with Gasteiger partial charge in [-0.1, -0.05) is 44.2 Å². The molecule has 7 heteroatoms. The van der Waals surface area contributed by atoms with Crippen LogP contribution in [0.3, 0.4) is 0 Å². The van der Waals surface area contributed by atoms with Gasteiger partial charge in [-0.2, -0.15) is 0 Å². The highest BCUT2D eigenvalue weighted by molar-refractivity contribution is 5.92. The van der Waals surface area contributed by atoms with Crippen LogP contribution in [0.5, 0.6) is 0 Å². The van der Waals surface area contributed by atoms with Gasteiger partial charge >= 0.3 is 0 Å². The van der Waals surface area contributed by atoms with Gasteiger partial charge in [-0.25, -0.2) is 0 Å². The Bertz CT molecular complexity index is 647.